The number of hydrogen-bond acceptors (Lipinski definition) is 7. The summed E-state index contributed by atoms with van der Waals surface area (Å²) in [6.07, 6.45) is 9.11. The van der Waals surface area contributed by atoms with E-state index in [4.69, 9.17) is 10.5 Å². The van der Waals surface area contributed by atoms with Crippen LogP contribution in [0.3, 0.4) is 0 Å². The maximum absolute atomic E-state index is 12.7. The smallest absolute Gasteiger partial charge is 0.249 e. The number of aliphatic hydroxyl groups is 1. The Labute approximate surface area is 185 Å². The van der Waals surface area contributed by atoms with Gasteiger partial charge in [-0.2, -0.15) is 5.10 Å². The molecule has 4 heterocycles. The zero-order chi connectivity index (χ0) is 22.2. The third-order valence-corrected chi connectivity index (χ3v) is 6.61. The van der Waals surface area contributed by atoms with Crippen LogP contribution in [-0.2, 0) is 16.6 Å². The Kier molecular flexibility index (Phi) is 5.56. The van der Waals surface area contributed by atoms with Crippen molar-refractivity contribution >= 4 is 22.8 Å². The highest BCUT2D eigenvalue weighted by atomic mass is 16.5. The van der Waals surface area contributed by atoms with Gasteiger partial charge in [0.25, 0.3) is 0 Å². The van der Waals surface area contributed by atoms with Crippen LogP contribution >= 0.6 is 0 Å². The zero-order valence-corrected chi connectivity index (χ0v) is 18.1. The minimum Gasteiger partial charge on any atom is -0.393 e. The number of nitrogens with zero attached hydrogens (tertiary/aromatic N) is 5. The normalized spacial score (nSPS) is 25.9. The topological polar surface area (TPSA) is 133 Å². The van der Waals surface area contributed by atoms with Crippen LogP contribution in [0.1, 0.15) is 44.8 Å². The van der Waals surface area contributed by atoms with Crippen molar-refractivity contribution in [3.63, 3.8) is 0 Å². The van der Waals surface area contributed by atoms with Crippen LogP contribution in [-0.4, -0.2) is 54.1 Å². The molecule has 10 nitrogen and oxygen atoms in total. The molecule has 1 saturated heterocycles. The predicted octanol–water partition coefficient (Wildman–Crippen LogP) is 1.76. The van der Waals surface area contributed by atoms with Crippen LogP contribution in [0, 0.1) is 5.92 Å². The number of carbonyl (C=O) groups excluding carboxylic acids is 1. The molecule has 0 spiro atoms. The standard InChI is InChI=1S/C22H29N7O3/c1-28-9-8-16(27-28)15-11-29(21-19(15)20(23)25-12-26-21)18-7-6-17(32-18)22(31)24-10-13-2-4-14(30)5-3-13/h8-9,11-14,17-18,30H,2-7,10H2,1H3,(H,24,31)(H2,23,25,26). The molecule has 2 aliphatic rings. The first-order valence-corrected chi connectivity index (χ1v) is 11.2. The molecule has 1 amide bonds. The lowest BCUT2D eigenvalue weighted by Gasteiger charge is -2.26. The molecule has 2 unspecified atom stereocenters. The van der Waals surface area contributed by atoms with Gasteiger partial charge in [-0.05, 0) is 50.5 Å². The van der Waals surface area contributed by atoms with E-state index in [1.165, 1.54) is 6.33 Å². The number of rotatable bonds is 5. The average Bonchev–Trinajstić information content (AvgIpc) is 3.51. The van der Waals surface area contributed by atoms with Gasteiger partial charge in [-0.1, -0.05) is 0 Å². The molecular formula is C22H29N7O3. The third-order valence-electron chi connectivity index (χ3n) is 6.61. The summed E-state index contributed by atoms with van der Waals surface area (Å²) in [6, 6.07) is 1.92. The minimum absolute atomic E-state index is 0.0748. The number of hydrogen-bond donors (Lipinski definition) is 3. The van der Waals surface area contributed by atoms with Crippen molar-refractivity contribution in [2.45, 2.75) is 57.0 Å². The van der Waals surface area contributed by atoms with E-state index in [-0.39, 0.29) is 18.2 Å². The number of fused-ring (bicyclic) bond motifs is 1. The Morgan fingerprint density at radius 2 is 2.06 bits per heavy atom. The highest BCUT2D eigenvalue weighted by molar-refractivity contribution is 5.99. The fourth-order valence-corrected chi connectivity index (χ4v) is 4.81. The first-order chi connectivity index (χ1) is 15.5. The maximum atomic E-state index is 12.7. The van der Waals surface area contributed by atoms with Crippen molar-refractivity contribution in [1.82, 2.24) is 29.6 Å². The SMILES string of the molecule is Cn1ccc(-c2cn(C3CCC(C(=O)NCC4CCC(O)CC4)O3)c3ncnc(N)c23)n1. The van der Waals surface area contributed by atoms with Gasteiger partial charge in [-0.3, -0.25) is 9.48 Å². The number of amides is 1. The summed E-state index contributed by atoms with van der Waals surface area (Å²) in [5.41, 5.74) is 8.48. The van der Waals surface area contributed by atoms with E-state index in [2.05, 4.69) is 20.4 Å². The molecule has 32 heavy (non-hydrogen) atoms. The Balaban J connectivity index is 1.31. The van der Waals surface area contributed by atoms with Gasteiger partial charge in [0, 0.05) is 31.5 Å². The van der Waals surface area contributed by atoms with Gasteiger partial charge in [0.05, 0.1) is 17.2 Å². The fourth-order valence-electron chi connectivity index (χ4n) is 4.81. The number of nitrogens with one attached hydrogen (secondary N) is 1. The molecule has 2 fully saturated rings. The van der Waals surface area contributed by atoms with Crippen LogP contribution in [0.25, 0.3) is 22.3 Å². The Morgan fingerprint density at radius 3 is 2.81 bits per heavy atom. The van der Waals surface area contributed by atoms with E-state index in [9.17, 15) is 9.90 Å². The molecule has 2 atom stereocenters. The predicted molar refractivity (Wildman–Crippen MR) is 118 cm³/mol. The molecule has 0 bridgehead atoms. The van der Waals surface area contributed by atoms with Gasteiger partial charge in [0.1, 0.15) is 30.1 Å². The van der Waals surface area contributed by atoms with Crippen LogP contribution in [0.15, 0.2) is 24.8 Å². The first-order valence-electron chi connectivity index (χ1n) is 11.2. The lowest BCUT2D eigenvalue weighted by atomic mass is 9.87. The Hall–Kier alpha value is -2.98. The lowest BCUT2D eigenvalue weighted by molar-refractivity contribution is -0.134. The molecule has 0 radical (unpaired) electrons. The molecule has 1 aliphatic carbocycles. The molecule has 1 saturated carbocycles. The van der Waals surface area contributed by atoms with Crippen molar-refractivity contribution in [2.75, 3.05) is 12.3 Å². The lowest BCUT2D eigenvalue weighted by Crippen LogP contribution is -2.38. The van der Waals surface area contributed by atoms with E-state index >= 15 is 0 Å². The van der Waals surface area contributed by atoms with Gasteiger partial charge >= 0.3 is 0 Å². The molecular weight excluding hydrogens is 410 g/mol. The molecule has 5 rings (SSSR count). The van der Waals surface area contributed by atoms with Crippen LogP contribution < -0.4 is 11.1 Å². The third kappa shape index (κ3) is 3.95. The molecule has 1 aliphatic heterocycles. The van der Waals surface area contributed by atoms with Crippen molar-refractivity contribution < 1.29 is 14.6 Å². The number of carbonyl (C=O) groups is 1. The highest BCUT2D eigenvalue weighted by Crippen LogP contribution is 2.37. The zero-order valence-electron chi connectivity index (χ0n) is 18.1. The summed E-state index contributed by atoms with van der Waals surface area (Å²) in [6.45, 7) is 0.635. The number of aromatic nitrogens is 5. The number of ether oxygens (including phenoxy) is 1. The molecule has 3 aromatic heterocycles. The summed E-state index contributed by atoms with van der Waals surface area (Å²) >= 11 is 0. The van der Waals surface area contributed by atoms with Gasteiger partial charge in [-0.15, -0.1) is 0 Å². The number of nitrogen functional groups attached to an aromatic ring is 1. The van der Waals surface area contributed by atoms with E-state index in [0.717, 1.165) is 42.3 Å². The Morgan fingerprint density at radius 1 is 1.25 bits per heavy atom. The second-order valence-corrected chi connectivity index (χ2v) is 8.86. The molecule has 4 N–H and O–H groups in total. The second-order valence-electron chi connectivity index (χ2n) is 8.86. The number of aryl methyl sites for hydroxylation is 1. The van der Waals surface area contributed by atoms with Crippen molar-refractivity contribution in [3.8, 4) is 11.3 Å². The quantitative estimate of drug-likeness (QED) is 0.552. The summed E-state index contributed by atoms with van der Waals surface area (Å²) in [4.78, 5) is 21.3. The minimum atomic E-state index is -0.496. The largest absolute Gasteiger partial charge is 0.393 e. The summed E-state index contributed by atoms with van der Waals surface area (Å²) < 4.78 is 9.82. The molecule has 10 heteroatoms. The van der Waals surface area contributed by atoms with Gasteiger partial charge in [0.2, 0.25) is 5.91 Å². The van der Waals surface area contributed by atoms with Crippen LogP contribution in [0.4, 0.5) is 5.82 Å². The number of anilines is 1. The summed E-state index contributed by atoms with van der Waals surface area (Å²) in [5, 5.41) is 17.9. The van der Waals surface area contributed by atoms with E-state index in [1.807, 2.05) is 30.1 Å². The van der Waals surface area contributed by atoms with E-state index in [1.54, 1.807) is 4.68 Å². The van der Waals surface area contributed by atoms with E-state index < -0.39 is 6.10 Å². The van der Waals surface area contributed by atoms with Gasteiger partial charge in [-0.25, -0.2) is 9.97 Å². The van der Waals surface area contributed by atoms with Crippen LogP contribution in [0.2, 0.25) is 0 Å². The van der Waals surface area contributed by atoms with Crippen LogP contribution in [0.5, 0.6) is 0 Å². The summed E-state index contributed by atoms with van der Waals surface area (Å²) in [7, 11) is 1.86. The number of nitrogens with two attached hydrogens (primary N) is 1. The number of aliphatic hydroxyl groups excluding tert-OH is 1. The van der Waals surface area contributed by atoms with Crippen molar-refractivity contribution in [3.05, 3.63) is 24.8 Å². The highest BCUT2D eigenvalue weighted by Gasteiger charge is 2.34. The summed E-state index contributed by atoms with van der Waals surface area (Å²) in [5.74, 6) is 0.738. The van der Waals surface area contributed by atoms with Crippen molar-refractivity contribution in [1.29, 1.82) is 0 Å². The first kappa shape index (κ1) is 20.9. The monoisotopic (exact) mass is 439 g/mol. The van der Waals surface area contributed by atoms with Gasteiger partial charge in [0.15, 0.2) is 0 Å². The van der Waals surface area contributed by atoms with Crippen molar-refractivity contribution in [2.24, 2.45) is 13.0 Å². The second kappa shape index (κ2) is 8.51. The van der Waals surface area contributed by atoms with Gasteiger partial charge < -0.3 is 25.5 Å². The molecule has 3 aromatic rings. The average molecular weight is 440 g/mol. The maximum Gasteiger partial charge on any atom is 0.249 e. The molecule has 0 aromatic carbocycles. The molecule has 170 valence electrons. The fraction of sp³-hybridized carbons (Fsp3) is 0.545. The Bertz CT molecular complexity index is 1120. The van der Waals surface area contributed by atoms with E-state index in [0.29, 0.717) is 36.8 Å².